The number of hydrogen-bond donors (Lipinski definition) is 0. The first-order valence-corrected chi connectivity index (χ1v) is 8.41. The molecule has 1 fully saturated rings. The molecule has 0 amide bonds. The molecule has 116 valence electrons. The van der Waals surface area contributed by atoms with Crippen molar-refractivity contribution in [3.05, 3.63) is 33.4 Å². The Hall–Kier alpha value is -0.620. The van der Waals surface area contributed by atoms with Crippen LogP contribution in [0.15, 0.2) is 24.3 Å². The molecule has 1 heterocycles. The third-order valence-electron chi connectivity index (χ3n) is 4.64. The minimum absolute atomic E-state index is 0.0243. The van der Waals surface area contributed by atoms with Crippen LogP contribution >= 0.6 is 22.6 Å². The number of likely N-dealkylation sites (tertiary alicyclic amines) is 1. The maximum absolute atomic E-state index is 12.4. The Labute approximate surface area is 141 Å². The molecule has 0 atom stereocenters. The molecule has 1 aliphatic rings. The Morgan fingerprint density at radius 2 is 1.71 bits per heavy atom. The van der Waals surface area contributed by atoms with Crippen molar-refractivity contribution in [3.63, 3.8) is 0 Å². The van der Waals surface area contributed by atoms with Gasteiger partial charge in [-0.15, -0.1) is 0 Å². The predicted octanol–water partition coefficient (Wildman–Crippen LogP) is 4.10. The molecule has 0 saturated carbocycles. The van der Waals surface area contributed by atoms with Crippen LogP contribution in [0.3, 0.4) is 0 Å². The summed E-state index contributed by atoms with van der Waals surface area (Å²) in [5, 5.41) is 0. The second-order valence-electron chi connectivity index (χ2n) is 7.10. The molecule has 1 aliphatic heterocycles. The molecule has 2 rings (SSSR count). The zero-order chi connectivity index (χ0) is 15.8. The lowest BCUT2D eigenvalue weighted by Crippen LogP contribution is -2.60. The van der Waals surface area contributed by atoms with Crippen LogP contribution in [0.2, 0.25) is 0 Å². The van der Waals surface area contributed by atoms with E-state index in [2.05, 4.69) is 62.2 Å². The van der Waals surface area contributed by atoms with E-state index in [1.807, 2.05) is 24.3 Å². The second-order valence-corrected chi connectivity index (χ2v) is 8.26. The van der Waals surface area contributed by atoms with Crippen LogP contribution in [0.4, 0.5) is 0 Å². The quantitative estimate of drug-likeness (QED) is 0.552. The summed E-state index contributed by atoms with van der Waals surface area (Å²) in [6.45, 7) is 8.84. The van der Waals surface area contributed by atoms with Crippen molar-refractivity contribution in [1.82, 2.24) is 4.90 Å². The zero-order valence-electron chi connectivity index (χ0n) is 13.4. The number of benzene rings is 1. The molecule has 0 radical (unpaired) electrons. The van der Waals surface area contributed by atoms with E-state index < -0.39 is 0 Å². The van der Waals surface area contributed by atoms with Gasteiger partial charge in [-0.2, -0.15) is 0 Å². The Bertz CT molecular complexity index is 521. The van der Waals surface area contributed by atoms with Gasteiger partial charge in [0.1, 0.15) is 6.10 Å². The first kappa shape index (κ1) is 16.7. The lowest BCUT2D eigenvalue weighted by atomic mass is 9.79. The Morgan fingerprint density at radius 1 is 1.19 bits per heavy atom. The first-order valence-electron chi connectivity index (χ1n) is 7.33. The van der Waals surface area contributed by atoms with E-state index in [-0.39, 0.29) is 23.2 Å². The van der Waals surface area contributed by atoms with Crippen LogP contribution in [0.5, 0.6) is 0 Å². The predicted molar refractivity (Wildman–Crippen MR) is 93.5 cm³/mol. The largest absolute Gasteiger partial charge is 0.459 e. The number of nitrogens with zero attached hydrogens (tertiary/aromatic N) is 1. The van der Waals surface area contributed by atoms with Gasteiger partial charge in [0.25, 0.3) is 0 Å². The Morgan fingerprint density at radius 3 is 2.24 bits per heavy atom. The minimum atomic E-state index is -0.207. The van der Waals surface area contributed by atoms with Gasteiger partial charge in [-0.3, -0.25) is 4.90 Å². The van der Waals surface area contributed by atoms with Gasteiger partial charge >= 0.3 is 5.97 Å². The van der Waals surface area contributed by atoms with E-state index >= 15 is 0 Å². The third-order valence-corrected chi connectivity index (χ3v) is 5.58. The average Bonchev–Trinajstić information content (AvgIpc) is 2.35. The van der Waals surface area contributed by atoms with E-state index in [9.17, 15) is 4.79 Å². The van der Waals surface area contributed by atoms with Crippen LogP contribution in [-0.4, -0.2) is 35.1 Å². The van der Waals surface area contributed by atoms with Gasteiger partial charge in [0.05, 0.1) is 5.56 Å². The van der Waals surface area contributed by atoms with Crippen molar-refractivity contribution in [2.45, 2.75) is 57.7 Å². The average molecular weight is 401 g/mol. The summed E-state index contributed by atoms with van der Waals surface area (Å²) in [6.07, 6.45) is 1.69. The zero-order valence-corrected chi connectivity index (χ0v) is 15.6. The van der Waals surface area contributed by atoms with E-state index in [4.69, 9.17) is 4.74 Å². The number of halogens is 1. The molecule has 4 heteroatoms. The van der Waals surface area contributed by atoms with Gasteiger partial charge in [-0.05, 0) is 69.5 Å². The number of hydrogen-bond acceptors (Lipinski definition) is 3. The molecule has 0 aromatic heterocycles. The number of esters is 1. The summed E-state index contributed by atoms with van der Waals surface area (Å²) in [5.41, 5.74) is 0.709. The van der Waals surface area contributed by atoms with Gasteiger partial charge in [-0.1, -0.05) is 12.1 Å². The van der Waals surface area contributed by atoms with Gasteiger partial charge in [0, 0.05) is 27.5 Å². The number of carbonyl (C=O) groups is 1. The molecule has 21 heavy (non-hydrogen) atoms. The lowest BCUT2D eigenvalue weighted by molar-refractivity contribution is -0.0732. The fourth-order valence-electron chi connectivity index (χ4n) is 3.20. The molecule has 3 nitrogen and oxygen atoms in total. The van der Waals surface area contributed by atoms with E-state index in [1.54, 1.807) is 0 Å². The van der Waals surface area contributed by atoms with Gasteiger partial charge in [0.2, 0.25) is 0 Å². The highest BCUT2D eigenvalue weighted by Gasteiger charge is 2.44. The molecule has 0 N–H and O–H groups in total. The number of carbonyl (C=O) groups excluding carboxylic acids is 1. The monoisotopic (exact) mass is 401 g/mol. The van der Waals surface area contributed by atoms with Crippen LogP contribution in [0.1, 0.15) is 50.9 Å². The molecule has 0 spiro atoms. The van der Waals surface area contributed by atoms with Gasteiger partial charge < -0.3 is 4.74 Å². The number of piperidine rings is 1. The molecule has 0 unspecified atom stereocenters. The topological polar surface area (TPSA) is 29.5 Å². The second kappa shape index (κ2) is 5.88. The summed E-state index contributed by atoms with van der Waals surface area (Å²) in [4.78, 5) is 14.8. The van der Waals surface area contributed by atoms with E-state index in [1.165, 1.54) is 0 Å². The summed E-state index contributed by atoms with van der Waals surface area (Å²) >= 11 is 2.18. The number of ether oxygens (including phenoxy) is 1. The highest BCUT2D eigenvalue weighted by molar-refractivity contribution is 14.1. The highest BCUT2D eigenvalue weighted by Crippen LogP contribution is 2.38. The summed E-state index contributed by atoms with van der Waals surface area (Å²) in [5.74, 6) is -0.207. The normalized spacial score (nSPS) is 22.0. The van der Waals surface area contributed by atoms with Crippen LogP contribution in [0.25, 0.3) is 0 Å². The molecule has 1 saturated heterocycles. The van der Waals surface area contributed by atoms with Crippen molar-refractivity contribution >= 4 is 28.6 Å². The van der Waals surface area contributed by atoms with Crippen LogP contribution in [0, 0.1) is 3.57 Å². The fourth-order valence-corrected chi connectivity index (χ4v) is 3.81. The molecular weight excluding hydrogens is 377 g/mol. The lowest BCUT2D eigenvalue weighted by Gasteiger charge is -2.53. The molecular formula is C17H24INO2. The fraction of sp³-hybridized carbons (Fsp3) is 0.588. The van der Waals surface area contributed by atoms with Crippen molar-refractivity contribution in [1.29, 1.82) is 0 Å². The minimum Gasteiger partial charge on any atom is -0.459 e. The standard InChI is InChI=1S/C17H24INO2/c1-16(2)10-12(11-17(3,4)19(16)5)21-15(20)13-8-6-7-9-14(13)18/h6-9,12H,10-11H2,1-5H3. The van der Waals surface area contributed by atoms with Crippen molar-refractivity contribution in [3.8, 4) is 0 Å². The molecule has 0 aliphatic carbocycles. The summed E-state index contributed by atoms with van der Waals surface area (Å²) in [7, 11) is 2.15. The molecule has 1 aromatic carbocycles. The van der Waals surface area contributed by atoms with E-state index in [0.29, 0.717) is 5.56 Å². The smallest absolute Gasteiger partial charge is 0.339 e. The van der Waals surface area contributed by atoms with Gasteiger partial charge in [0.15, 0.2) is 0 Å². The Balaban J connectivity index is 2.14. The van der Waals surface area contributed by atoms with Crippen molar-refractivity contribution in [2.75, 3.05) is 7.05 Å². The summed E-state index contributed by atoms with van der Waals surface area (Å²) in [6, 6.07) is 7.57. The number of rotatable bonds is 2. The Kier molecular flexibility index (Phi) is 4.69. The van der Waals surface area contributed by atoms with Gasteiger partial charge in [-0.25, -0.2) is 4.79 Å². The SMILES string of the molecule is CN1C(C)(C)CC(OC(=O)c2ccccc2I)CC1(C)C. The summed E-state index contributed by atoms with van der Waals surface area (Å²) < 4.78 is 6.74. The molecule has 1 aromatic rings. The van der Waals surface area contributed by atoms with Crippen molar-refractivity contribution in [2.24, 2.45) is 0 Å². The maximum Gasteiger partial charge on any atom is 0.339 e. The third kappa shape index (κ3) is 3.59. The highest BCUT2D eigenvalue weighted by atomic mass is 127. The van der Waals surface area contributed by atoms with Crippen molar-refractivity contribution < 1.29 is 9.53 Å². The van der Waals surface area contributed by atoms with Crippen LogP contribution < -0.4 is 0 Å². The first-order chi connectivity index (χ1) is 9.63. The van der Waals surface area contributed by atoms with E-state index in [0.717, 1.165) is 16.4 Å². The molecule has 0 bridgehead atoms. The van der Waals surface area contributed by atoms with Crippen LogP contribution in [-0.2, 0) is 4.74 Å². The maximum atomic E-state index is 12.4.